The topological polar surface area (TPSA) is 49.8 Å². The van der Waals surface area contributed by atoms with Crippen LogP contribution in [0, 0.1) is 0 Å². The minimum Gasteiger partial charge on any atom is -0.478 e. The Morgan fingerprint density at radius 3 is 2.94 bits per heavy atom. The van der Waals surface area contributed by atoms with E-state index in [1.165, 1.54) is 0 Å². The number of benzene rings is 1. The Morgan fingerprint density at radius 1 is 1.59 bits per heavy atom. The highest BCUT2D eigenvalue weighted by atomic mass is 79.9. The van der Waals surface area contributed by atoms with E-state index in [0.717, 1.165) is 25.2 Å². The maximum Gasteiger partial charge on any atom is 0.338 e. The Hall–Kier alpha value is -1.07. The molecule has 0 amide bonds. The zero-order valence-corrected chi connectivity index (χ0v) is 11.1. The first kappa shape index (κ1) is 12.4. The van der Waals surface area contributed by atoms with Crippen molar-refractivity contribution in [3.05, 3.63) is 28.2 Å². The van der Waals surface area contributed by atoms with Crippen LogP contribution in [0.2, 0.25) is 0 Å². The molecule has 92 valence electrons. The number of carboxylic acid groups (broad SMARTS) is 1. The third-order valence-corrected chi connectivity index (χ3v) is 3.69. The van der Waals surface area contributed by atoms with Crippen molar-refractivity contribution in [1.29, 1.82) is 0 Å². The van der Waals surface area contributed by atoms with Crippen molar-refractivity contribution in [2.75, 3.05) is 25.1 Å². The highest BCUT2D eigenvalue weighted by Crippen LogP contribution is 2.30. The van der Waals surface area contributed by atoms with Crippen molar-refractivity contribution in [2.24, 2.45) is 0 Å². The van der Waals surface area contributed by atoms with Crippen molar-refractivity contribution >= 4 is 27.6 Å². The van der Waals surface area contributed by atoms with Crippen LogP contribution in [0.5, 0.6) is 0 Å². The quantitative estimate of drug-likeness (QED) is 0.931. The third-order valence-electron chi connectivity index (χ3n) is 3.02. The van der Waals surface area contributed by atoms with Crippen molar-refractivity contribution in [2.45, 2.75) is 12.5 Å². The lowest BCUT2D eigenvalue weighted by Crippen LogP contribution is -2.24. The third kappa shape index (κ3) is 2.45. The molecule has 1 aliphatic heterocycles. The van der Waals surface area contributed by atoms with Crippen LogP contribution in [0.3, 0.4) is 0 Å². The minimum absolute atomic E-state index is 0.190. The van der Waals surface area contributed by atoms with E-state index in [4.69, 9.17) is 4.74 Å². The first-order valence-corrected chi connectivity index (χ1v) is 6.22. The summed E-state index contributed by atoms with van der Waals surface area (Å²) >= 11 is 3.29. The van der Waals surface area contributed by atoms with Gasteiger partial charge in [0.15, 0.2) is 0 Å². The summed E-state index contributed by atoms with van der Waals surface area (Å²) in [5.74, 6) is -0.909. The van der Waals surface area contributed by atoms with Crippen LogP contribution in [0.4, 0.5) is 5.69 Å². The summed E-state index contributed by atoms with van der Waals surface area (Å²) in [7, 11) is 1.69. The molecule has 1 aliphatic rings. The van der Waals surface area contributed by atoms with E-state index >= 15 is 0 Å². The van der Waals surface area contributed by atoms with Gasteiger partial charge in [0.2, 0.25) is 0 Å². The van der Waals surface area contributed by atoms with Crippen molar-refractivity contribution < 1.29 is 14.6 Å². The van der Waals surface area contributed by atoms with Crippen LogP contribution < -0.4 is 4.90 Å². The number of nitrogens with zero attached hydrogens (tertiary/aromatic N) is 1. The van der Waals surface area contributed by atoms with Gasteiger partial charge in [-0.3, -0.25) is 0 Å². The predicted molar refractivity (Wildman–Crippen MR) is 68.7 cm³/mol. The molecule has 1 saturated heterocycles. The van der Waals surface area contributed by atoms with Gasteiger partial charge in [0, 0.05) is 24.7 Å². The second-order valence-corrected chi connectivity index (χ2v) is 4.89. The zero-order valence-electron chi connectivity index (χ0n) is 9.52. The first-order valence-electron chi connectivity index (χ1n) is 5.43. The normalized spacial score (nSPS) is 19.6. The fourth-order valence-electron chi connectivity index (χ4n) is 2.13. The molecular formula is C12H14BrNO3. The number of rotatable bonds is 3. The summed E-state index contributed by atoms with van der Waals surface area (Å²) in [5.41, 5.74) is 1.08. The molecule has 0 aliphatic carbocycles. The Bertz CT molecular complexity index is 436. The maximum absolute atomic E-state index is 11.3. The fourth-order valence-corrected chi connectivity index (χ4v) is 2.65. The molecule has 4 nitrogen and oxygen atoms in total. The van der Waals surface area contributed by atoms with E-state index in [2.05, 4.69) is 20.8 Å². The molecule has 1 aromatic rings. The molecule has 0 saturated carbocycles. The second kappa shape index (κ2) is 5.06. The Kier molecular flexibility index (Phi) is 3.69. The van der Waals surface area contributed by atoms with Gasteiger partial charge in [0.25, 0.3) is 0 Å². The summed E-state index contributed by atoms with van der Waals surface area (Å²) in [4.78, 5) is 13.3. The van der Waals surface area contributed by atoms with Gasteiger partial charge in [-0.05, 0) is 34.5 Å². The van der Waals surface area contributed by atoms with Crippen LogP contribution in [0.1, 0.15) is 16.8 Å². The molecule has 0 bridgehead atoms. The molecule has 0 aromatic heterocycles. The summed E-state index contributed by atoms with van der Waals surface area (Å²) in [6.45, 7) is 1.57. The van der Waals surface area contributed by atoms with Crippen molar-refractivity contribution in [3.8, 4) is 0 Å². The molecule has 1 aromatic carbocycles. The lowest BCUT2D eigenvalue weighted by atomic mass is 10.1. The van der Waals surface area contributed by atoms with E-state index in [9.17, 15) is 9.90 Å². The van der Waals surface area contributed by atoms with Gasteiger partial charge in [-0.25, -0.2) is 4.79 Å². The summed E-state index contributed by atoms with van der Waals surface area (Å²) in [6, 6.07) is 5.44. The second-order valence-electron chi connectivity index (χ2n) is 4.03. The van der Waals surface area contributed by atoms with Crippen LogP contribution in [-0.4, -0.2) is 37.4 Å². The average molecular weight is 300 g/mol. The first-order chi connectivity index (χ1) is 8.13. The van der Waals surface area contributed by atoms with E-state index in [1.54, 1.807) is 13.2 Å². The number of halogens is 1. The van der Waals surface area contributed by atoms with Gasteiger partial charge in [0.1, 0.15) is 0 Å². The molecule has 1 unspecified atom stereocenters. The fraction of sp³-hybridized carbons (Fsp3) is 0.417. The van der Waals surface area contributed by atoms with Gasteiger partial charge in [-0.15, -0.1) is 0 Å². The number of carboxylic acids is 1. The molecule has 0 spiro atoms. The number of hydrogen-bond acceptors (Lipinski definition) is 3. The number of hydrogen-bond donors (Lipinski definition) is 1. The molecule has 17 heavy (non-hydrogen) atoms. The maximum atomic E-state index is 11.3. The smallest absolute Gasteiger partial charge is 0.338 e. The van der Waals surface area contributed by atoms with Gasteiger partial charge in [-0.2, -0.15) is 0 Å². The summed E-state index contributed by atoms with van der Waals surface area (Å²) < 4.78 is 5.91. The lowest BCUT2D eigenvalue weighted by Gasteiger charge is -2.21. The van der Waals surface area contributed by atoms with E-state index < -0.39 is 5.97 Å². The molecule has 1 N–H and O–H groups in total. The molecule has 0 radical (unpaired) electrons. The van der Waals surface area contributed by atoms with Gasteiger partial charge in [0.05, 0.1) is 17.4 Å². The zero-order chi connectivity index (χ0) is 12.4. The van der Waals surface area contributed by atoms with E-state index in [0.29, 0.717) is 10.0 Å². The van der Waals surface area contributed by atoms with Crippen LogP contribution in [0.25, 0.3) is 0 Å². The van der Waals surface area contributed by atoms with Crippen molar-refractivity contribution in [3.63, 3.8) is 0 Å². The van der Waals surface area contributed by atoms with Gasteiger partial charge >= 0.3 is 5.97 Å². The number of aromatic carboxylic acids is 1. The average Bonchev–Trinajstić information content (AvgIpc) is 2.76. The van der Waals surface area contributed by atoms with Gasteiger partial charge < -0.3 is 14.7 Å². The Balaban J connectivity index is 2.33. The standard InChI is InChI=1S/C12H14BrNO3/c1-17-8-5-6-14(7-8)10-4-2-3-9(13)11(10)12(15)16/h2-4,8H,5-7H2,1H3,(H,15,16). The molecular weight excluding hydrogens is 286 g/mol. The molecule has 1 heterocycles. The summed E-state index contributed by atoms with van der Waals surface area (Å²) in [6.07, 6.45) is 1.12. The van der Waals surface area contributed by atoms with Crippen LogP contribution in [-0.2, 0) is 4.74 Å². The number of methoxy groups -OCH3 is 1. The van der Waals surface area contributed by atoms with Gasteiger partial charge in [-0.1, -0.05) is 6.07 Å². The minimum atomic E-state index is -0.909. The van der Waals surface area contributed by atoms with E-state index in [-0.39, 0.29) is 6.10 Å². The summed E-state index contributed by atoms with van der Waals surface area (Å²) in [5, 5.41) is 9.24. The number of anilines is 1. The predicted octanol–water partition coefficient (Wildman–Crippen LogP) is 2.37. The number of carbonyl (C=O) groups is 1. The lowest BCUT2D eigenvalue weighted by molar-refractivity contribution is 0.0696. The SMILES string of the molecule is COC1CCN(c2cccc(Br)c2C(=O)O)C1. The molecule has 5 heteroatoms. The highest BCUT2D eigenvalue weighted by Gasteiger charge is 2.26. The monoisotopic (exact) mass is 299 g/mol. The van der Waals surface area contributed by atoms with Crippen molar-refractivity contribution in [1.82, 2.24) is 0 Å². The number of ether oxygens (including phenoxy) is 1. The molecule has 2 rings (SSSR count). The molecule has 1 fully saturated rings. The van der Waals surface area contributed by atoms with Crippen LogP contribution in [0.15, 0.2) is 22.7 Å². The van der Waals surface area contributed by atoms with Crippen LogP contribution >= 0.6 is 15.9 Å². The molecule has 1 atom stereocenters. The Morgan fingerprint density at radius 2 is 2.35 bits per heavy atom. The van der Waals surface area contributed by atoms with E-state index in [1.807, 2.05) is 12.1 Å². The Labute approximate surface area is 108 Å². The highest BCUT2D eigenvalue weighted by molar-refractivity contribution is 9.10. The largest absolute Gasteiger partial charge is 0.478 e.